The van der Waals surface area contributed by atoms with Gasteiger partial charge in [0.2, 0.25) is 5.91 Å². The van der Waals surface area contributed by atoms with Crippen molar-refractivity contribution in [1.82, 2.24) is 10.6 Å². The van der Waals surface area contributed by atoms with Gasteiger partial charge in [-0.1, -0.05) is 26.5 Å². The molecule has 0 fully saturated rings. The van der Waals surface area contributed by atoms with E-state index in [9.17, 15) is 9.59 Å². The minimum Gasteiger partial charge on any atom is -0.445 e. The predicted octanol–water partition coefficient (Wildman–Crippen LogP) is 1.75. The van der Waals surface area contributed by atoms with Crippen molar-refractivity contribution in [3.8, 4) is 0 Å². The Morgan fingerprint density at radius 2 is 2.00 bits per heavy atom. The van der Waals surface area contributed by atoms with Crippen LogP contribution in [0, 0.1) is 5.92 Å². The summed E-state index contributed by atoms with van der Waals surface area (Å²) in [5.74, 6) is -0.285. The molecule has 0 aromatic heterocycles. The summed E-state index contributed by atoms with van der Waals surface area (Å²) in [4.78, 5) is 23.5. The molecule has 0 bridgehead atoms. The monoisotopic (exact) mass is 288 g/mol. The molecule has 0 spiro atoms. The third-order valence-corrected chi connectivity index (χ3v) is 2.41. The van der Waals surface area contributed by atoms with Crippen molar-refractivity contribution >= 4 is 24.6 Å². The zero-order valence-electron chi connectivity index (χ0n) is 12.0. The molecule has 5 nitrogen and oxygen atoms in total. The van der Waals surface area contributed by atoms with Crippen LogP contribution in [0.5, 0.6) is 0 Å². The zero-order valence-corrected chi connectivity index (χ0v) is 12.9. The van der Waals surface area contributed by atoms with E-state index >= 15 is 0 Å². The van der Waals surface area contributed by atoms with Crippen LogP contribution < -0.4 is 10.6 Å². The normalized spacial score (nSPS) is 12.7. The highest BCUT2D eigenvalue weighted by Gasteiger charge is 2.25. The maximum Gasteiger partial charge on any atom is 0.408 e. The Morgan fingerprint density at radius 1 is 1.42 bits per heavy atom. The summed E-state index contributed by atoms with van der Waals surface area (Å²) in [6, 6.07) is -0.631. The highest BCUT2D eigenvalue weighted by molar-refractivity contribution is 7.81. The SMILES string of the molecule is C=CCOC(=O)N[C@H](C(=O)NCC(C)(C)S)C(C)C. The summed E-state index contributed by atoms with van der Waals surface area (Å²) in [7, 11) is 0. The number of rotatable bonds is 7. The van der Waals surface area contributed by atoms with Crippen LogP contribution >= 0.6 is 12.6 Å². The van der Waals surface area contributed by atoms with Gasteiger partial charge in [0, 0.05) is 11.3 Å². The lowest BCUT2D eigenvalue weighted by Crippen LogP contribution is -2.51. The van der Waals surface area contributed by atoms with Gasteiger partial charge in [-0.2, -0.15) is 12.6 Å². The molecule has 2 amide bonds. The number of thiol groups is 1. The number of amides is 2. The van der Waals surface area contributed by atoms with E-state index in [1.54, 1.807) is 0 Å². The van der Waals surface area contributed by atoms with Gasteiger partial charge < -0.3 is 15.4 Å². The van der Waals surface area contributed by atoms with E-state index in [1.807, 2.05) is 27.7 Å². The predicted molar refractivity (Wildman–Crippen MR) is 79.4 cm³/mol. The van der Waals surface area contributed by atoms with Gasteiger partial charge in [-0.15, -0.1) is 0 Å². The van der Waals surface area contributed by atoms with E-state index < -0.39 is 12.1 Å². The van der Waals surface area contributed by atoms with Crippen molar-refractivity contribution in [3.63, 3.8) is 0 Å². The summed E-state index contributed by atoms with van der Waals surface area (Å²) in [6.45, 7) is 11.5. The second-order valence-corrected chi connectivity index (χ2v) is 6.49. The van der Waals surface area contributed by atoms with E-state index in [2.05, 4.69) is 29.8 Å². The standard InChI is InChI=1S/C13H24N2O3S/c1-6-7-18-12(17)15-10(9(2)3)11(16)14-8-13(4,5)19/h6,9-10,19H,1,7-8H2,2-5H3,(H,14,16)(H,15,17)/t10-/m0/s1. The van der Waals surface area contributed by atoms with Gasteiger partial charge in [0.1, 0.15) is 12.6 Å². The fourth-order valence-corrected chi connectivity index (χ4v) is 1.33. The number of ether oxygens (including phenoxy) is 1. The van der Waals surface area contributed by atoms with Gasteiger partial charge in [0.05, 0.1) is 0 Å². The average molecular weight is 288 g/mol. The third-order valence-electron chi connectivity index (χ3n) is 2.25. The van der Waals surface area contributed by atoms with Crippen molar-refractivity contribution in [2.24, 2.45) is 5.92 Å². The van der Waals surface area contributed by atoms with Crippen molar-refractivity contribution in [2.45, 2.75) is 38.5 Å². The second kappa shape index (κ2) is 8.09. The lowest BCUT2D eigenvalue weighted by molar-refractivity contribution is -0.124. The zero-order chi connectivity index (χ0) is 15.1. The molecule has 2 N–H and O–H groups in total. The van der Waals surface area contributed by atoms with Crippen LogP contribution in [0.15, 0.2) is 12.7 Å². The quantitative estimate of drug-likeness (QED) is 0.494. The minimum absolute atomic E-state index is 0.0423. The molecule has 0 aliphatic heterocycles. The third kappa shape index (κ3) is 8.53. The maximum atomic E-state index is 12.0. The molecule has 0 heterocycles. The lowest BCUT2D eigenvalue weighted by Gasteiger charge is -2.24. The first-order valence-electron chi connectivity index (χ1n) is 6.21. The van der Waals surface area contributed by atoms with Crippen molar-refractivity contribution < 1.29 is 14.3 Å². The molecule has 0 aromatic rings. The molecule has 0 saturated carbocycles. The molecular weight excluding hydrogens is 264 g/mol. The van der Waals surface area contributed by atoms with Gasteiger partial charge >= 0.3 is 6.09 Å². The highest BCUT2D eigenvalue weighted by Crippen LogP contribution is 2.10. The van der Waals surface area contributed by atoms with Gasteiger partial charge in [-0.25, -0.2) is 4.79 Å². The minimum atomic E-state index is -0.631. The van der Waals surface area contributed by atoms with Crippen molar-refractivity contribution in [1.29, 1.82) is 0 Å². The molecule has 0 aliphatic carbocycles. The smallest absolute Gasteiger partial charge is 0.408 e. The van der Waals surface area contributed by atoms with Crippen LogP contribution in [0.1, 0.15) is 27.7 Å². The number of hydrogen-bond acceptors (Lipinski definition) is 4. The Hall–Kier alpha value is -1.17. The Kier molecular flexibility index (Phi) is 7.59. The maximum absolute atomic E-state index is 12.0. The number of hydrogen-bond donors (Lipinski definition) is 3. The fourth-order valence-electron chi connectivity index (χ4n) is 1.25. The average Bonchev–Trinajstić information content (AvgIpc) is 2.29. The van der Waals surface area contributed by atoms with E-state index in [4.69, 9.17) is 4.74 Å². The van der Waals surface area contributed by atoms with Gasteiger partial charge in [-0.05, 0) is 19.8 Å². The molecule has 0 saturated heterocycles. The Morgan fingerprint density at radius 3 is 2.42 bits per heavy atom. The Labute approximate surface area is 120 Å². The fraction of sp³-hybridized carbons (Fsp3) is 0.692. The van der Waals surface area contributed by atoms with Gasteiger partial charge in [0.15, 0.2) is 0 Å². The summed E-state index contributed by atoms with van der Waals surface area (Å²) >= 11 is 4.33. The van der Waals surface area contributed by atoms with Crippen LogP contribution in [0.2, 0.25) is 0 Å². The lowest BCUT2D eigenvalue weighted by atomic mass is 10.0. The summed E-state index contributed by atoms with van der Waals surface area (Å²) < 4.78 is 4.50. The molecule has 19 heavy (non-hydrogen) atoms. The largest absolute Gasteiger partial charge is 0.445 e. The molecular formula is C13H24N2O3S. The van der Waals surface area contributed by atoms with Crippen LogP contribution in [0.25, 0.3) is 0 Å². The second-order valence-electron chi connectivity index (χ2n) is 5.28. The van der Waals surface area contributed by atoms with Crippen LogP contribution in [0.4, 0.5) is 4.79 Å². The van der Waals surface area contributed by atoms with Crippen molar-refractivity contribution in [3.05, 3.63) is 12.7 Å². The van der Waals surface area contributed by atoms with Crippen LogP contribution in [-0.2, 0) is 9.53 Å². The van der Waals surface area contributed by atoms with E-state index in [0.717, 1.165) is 0 Å². The number of nitrogens with one attached hydrogen (secondary N) is 2. The summed E-state index contributed by atoms with van der Waals surface area (Å²) in [5, 5.41) is 5.30. The van der Waals surface area contributed by atoms with Gasteiger partial charge in [-0.3, -0.25) is 4.79 Å². The molecule has 0 unspecified atom stereocenters. The molecule has 0 radical (unpaired) electrons. The first kappa shape index (κ1) is 17.8. The first-order chi connectivity index (χ1) is 8.67. The number of carbonyl (C=O) groups is 2. The summed E-state index contributed by atoms with van der Waals surface area (Å²) in [6.07, 6.45) is 0.840. The molecule has 110 valence electrons. The van der Waals surface area contributed by atoms with E-state index in [1.165, 1.54) is 6.08 Å². The topological polar surface area (TPSA) is 67.4 Å². The molecule has 0 aromatic carbocycles. The summed E-state index contributed by atoms with van der Waals surface area (Å²) in [5.41, 5.74) is 0. The van der Waals surface area contributed by atoms with Crippen LogP contribution in [-0.4, -0.2) is 35.9 Å². The van der Waals surface area contributed by atoms with E-state index in [-0.39, 0.29) is 23.2 Å². The first-order valence-corrected chi connectivity index (χ1v) is 6.66. The molecule has 1 atom stereocenters. The Balaban J connectivity index is 4.43. The highest BCUT2D eigenvalue weighted by atomic mass is 32.1. The van der Waals surface area contributed by atoms with Gasteiger partial charge in [0.25, 0.3) is 0 Å². The van der Waals surface area contributed by atoms with Crippen molar-refractivity contribution in [2.75, 3.05) is 13.2 Å². The number of alkyl carbamates (subject to hydrolysis) is 1. The molecule has 0 aliphatic rings. The molecule has 6 heteroatoms. The Bertz CT molecular complexity index is 324. The molecule has 0 rings (SSSR count). The van der Waals surface area contributed by atoms with E-state index in [0.29, 0.717) is 6.54 Å². The van der Waals surface area contributed by atoms with Crippen LogP contribution in [0.3, 0.4) is 0 Å². The number of carbonyl (C=O) groups excluding carboxylic acids is 2.